The summed E-state index contributed by atoms with van der Waals surface area (Å²) in [6, 6.07) is 0. The maximum atomic E-state index is 11.9. The first-order valence-corrected chi connectivity index (χ1v) is 6.59. The molecule has 5 heteroatoms. The van der Waals surface area contributed by atoms with E-state index < -0.39 is 22.8 Å². The van der Waals surface area contributed by atoms with E-state index in [-0.39, 0.29) is 24.0 Å². The van der Waals surface area contributed by atoms with Gasteiger partial charge in [0.15, 0.2) is 0 Å². The van der Waals surface area contributed by atoms with E-state index in [1.807, 2.05) is 0 Å². The number of ether oxygens (including phenoxy) is 1. The first-order valence-electron chi connectivity index (χ1n) is 6.59. The molecule has 18 heavy (non-hydrogen) atoms. The maximum Gasteiger partial charge on any atom is 0.311 e. The molecule has 3 rings (SSSR count). The highest BCUT2D eigenvalue weighted by Gasteiger charge is 2.82. The lowest BCUT2D eigenvalue weighted by molar-refractivity contribution is -0.181. The van der Waals surface area contributed by atoms with Crippen molar-refractivity contribution in [2.45, 2.75) is 45.3 Å². The molecule has 2 N–H and O–H groups in total. The van der Waals surface area contributed by atoms with E-state index in [1.165, 1.54) is 0 Å². The number of aliphatic carboxylic acids is 2. The fourth-order valence-electron chi connectivity index (χ4n) is 5.11. The van der Waals surface area contributed by atoms with E-state index in [4.69, 9.17) is 4.74 Å². The standard InChI is InChI=1S/C13H18O5/c1-3-12(10(14)15)6-5-7(9-8(6)18-9)13(12,4-2)11(16)17/h6-9H,3-5H2,1-2H3,(H,14,15)(H,16,17). The van der Waals surface area contributed by atoms with Crippen molar-refractivity contribution in [3.63, 3.8) is 0 Å². The number of rotatable bonds is 4. The summed E-state index contributed by atoms with van der Waals surface area (Å²) in [7, 11) is 0. The molecule has 3 aliphatic rings. The second-order valence-corrected chi connectivity index (χ2v) is 5.77. The molecule has 1 saturated heterocycles. The van der Waals surface area contributed by atoms with Crippen LogP contribution < -0.4 is 0 Å². The van der Waals surface area contributed by atoms with Crippen molar-refractivity contribution >= 4 is 11.9 Å². The summed E-state index contributed by atoms with van der Waals surface area (Å²) in [6.45, 7) is 3.58. The molecule has 0 spiro atoms. The predicted molar refractivity (Wildman–Crippen MR) is 61.0 cm³/mol. The van der Waals surface area contributed by atoms with Crippen molar-refractivity contribution < 1.29 is 24.5 Å². The third kappa shape index (κ3) is 0.921. The summed E-state index contributed by atoms with van der Waals surface area (Å²) >= 11 is 0. The molecule has 100 valence electrons. The number of hydrogen-bond acceptors (Lipinski definition) is 3. The van der Waals surface area contributed by atoms with Crippen LogP contribution in [0.2, 0.25) is 0 Å². The van der Waals surface area contributed by atoms with Crippen LogP contribution in [0.3, 0.4) is 0 Å². The van der Waals surface area contributed by atoms with Crippen LogP contribution in [0.1, 0.15) is 33.1 Å². The molecule has 6 atom stereocenters. The van der Waals surface area contributed by atoms with Gasteiger partial charge in [-0.1, -0.05) is 13.8 Å². The van der Waals surface area contributed by atoms with Crippen LogP contribution in [0.4, 0.5) is 0 Å². The van der Waals surface area contributed by atoms with E-state index in [1.54, 1.807) is 13.8 Å². The molecule has 0 radical (unpaired) electrons. The maximum absolute atomic E-state index is 11.9. The first kappa shape index (κ1) is 12.0. The Labute approximate surface area is 105 Å². The monoisotopic (exact) mass is 254 g/mol. The van der Waals surface area contributed by atoms with Gasteiger partial charge in [0.1, 0.15) is 0 Å². The van der Waals surface area contributed by atoms with Gasteiger partial charge in [0, 0.05) is 11.8 Å². The van der Waals surface area contributed by atoms with E-state index in [0.29, 0.717) is 19.3 Å². The summed E-state index contributed by atoms with van der Waals surface area (Å²) in [4.78, 5) is 23.7. The summed E-state index contributed by atoms with van der Waals surface area (Å²) in [5, 5.41) is 19.4. The molecule has 2 saturated carbocycles. The Hall–Kier alpha value is -1.10. The SMILES string of the molecule is CCC1(C(=O)O)C2CC(C3OC32)C1(CC)C(=O)O. The third-order valence-corrected chi connectivity index (χ3v) is 5.80. The molecule has 2 bridgehead atoms. The molecule has 0 aromatic heterocycles. The molecule has 0 amide bonds. The van der Waals surface area contributed by atoms with E-state index in [2.05, 4.69) is 0 Å². The van der Waals surface area contributed by atoms with Crippen molar-refractivity contribution in [3.8, 4) is 0 Å². The van der Waals surface area contributed by atoms with Crippen molar-refractivity contribution in [1.82, 2.24) is 0 Å². The summed E-state index contributed by atoms with van der Waals surface area (Å²) in [5.41, 5.74) is -2.31. The average Bonchev–Trinajstić information content (AvgIpc) is 2.96. The highest BCUT2D eigenvalue weighted by Crippen LogP contribution is 2.74. The van der Waals surface area contributed by atoms with Gasteiger partial charge in [-0.3, -0.25) is 9.59 Å². The minimum absolute atomic E-state index is 0.00919. The van der Waals surface area contributed by atoms with Crippen LogP contribution in [-0.2, 0) is 14.3 Å². The van der Waals surface area contributed by atoms with Gasteiger partial charge in [-0.15, -0.1) is 0 Å². The highest BCUT2D eigenvalue weighted by atomic mass is 16.6. The Bertz CT molecular complexity index is 395. The smallest absolute Gasteiger partial charge is 0.311 e. The Balaban J connectivity index is 2.20. The quantitative estimate of drug-likeness (QED) is 0.740. The zero-order valence-electron chi connectivity index (χ0n) is 10.5. The molecule has 0 aromatic carbocycles. The van der Waals surface area contributed by atoms with Crippen LogP contribution in [0, 0.1) is 22.7 Å². The van der Waals surface area contributed by atoms with Gasteiger partial charge in [-0.2, -0.15) is 0 Å². The van der Waals surface area contributed by atoms with Crippen LogP contribution in [0.5, 0.6) is 0 Å². The van der Waals surface area contributed by atoms with Gasteiger partial charge < -0.3 is 14.9 Å². The number of epoxide rings is 1. The Kier molecular flexibility index (Phi) is 2.17. The molecule has 1 heterocycles. The molecule has 3 fully saturated rings. The molecule has 6 unspecified atom stereocenters. The van der Waals surface area contributed by atoms with Gasteiger partial charge in [-0.25, -0.2) is 0 Å². The van der Waals surface area contributed by atoms with Gasteiger partial charge in [0.05, 0.1) is 23.0 Å². The van der Waals surface area contributed by atoms with Crippen LogP contribution in [0.15, 0.2) is 0 Å². The highest BCUT2D eigenvalue weighted by molar-refractivity contribution is 5.89. The van der Waals surface area contributed by atoms with Crippen LogP contribution in [-0.4, -0.2) is 34.4 Å². The number of fused-ring (bicyclic) bond motifs is 5. The summed E-state index contributed by atoms with van der Waals surface area (Å²) < 4.78 is 5.53. The fourth-order valence-corrected chi connectivity index (χ4v) is 5.11. The second-order valence-electron chi connectivity index (χ2n) is 5.77. The Morgan fingerprint density at radius 3 is 1.72 bits per heavy atom. The lowest BCUT2D eigenvalue weighted by Crippen LogP contribution is -2.57. The van der Waals surface area contributed by atoms with Crippen molar-refractivity contribution in [2.75, 3.05) is 0 Å². The third-order valence-electron chi connectivity index (χ3n) is 5.80. The van der Waals surface area contributed by atoms with Gasteiger partial charge in [0.25, 0.3) is 0 Å². The zero-order valence-corrected chi connectivity index (χ0v) is 10.5. The minimum atomic E-state index is -1.16. The van der Waals surface area contributed by atoms with Crippen molar-refractivity contribution in [2.24, 2.45) is 22.7 Å². The van der Waals surface area contributed by atoms with Crippen LogP contribution >= 0.6 is 0 Å². The first-order chi connectivity index (χ1) is 8.47. The molecule has 1 aliphatic heterocycles. The minimum Gasteiger partial charge on any atom is -0.481 e. The average molecular weight is 254 g/mol. The fraction of sp³-hybridized carbons (Fsp3) is 0.846. The van der Waals surface area contributed by atoms with Gasteiger partial charge in [-0.05, 0) is 19.3 Å². The Morgan fingerprint density at radius 2 is 1.44 bits per heavy atom. The Morgan fingerprint density at radius 1 is 1.06 bits per heavy atom. The molecular weight excluding hydrogens is 236 g/mol. The molecule has 5 nitrogen and oxygen atoms in total. The predicted octanol–water partition coefficient (Wildman–Crippen LogP) is 1.37. The number of carboxylic acid groups (broad SMARTS) is 2. The summed E-state index contributed by atoms with van der Waals surface area (Å²) in [6.07, 6.45) is 1.39. The van der Waals surface area contributed by atoms with Gasteiger partial charge in [0.2, 0.25) is 0 Å². The number of carbonyl (C=O) groups is 2. The molecule has 2 aliphatic carbocycles. The van der Waals surface area contributed by atoms with E-state index in [0.717, 1.165) is 0 Å². The lowest BCUT2D eigenvalue weighted by Gasteiger charge is -2.45. The number of carboxylic acids is 2. The van der Waals surface area contributed by atoms with Crippen molar-refractivity contribution in [3.05, 3.63) is 0 Å². The molecule has 0 aromatic rings. The number of hydrogen-bond donors (Lipinski definition) is 2. The normalized spacial score (nSPS) is 52.1. The van der Waals surface area contributed by atoms with Crippen LogP contribution in [0.25, 0.3) is 0 Å². The lowest BCUT2D eigenvalue weighted by atomic mass is 9.53. The second kappa shape index (κ2) is 3.26. The summed E-state index contributed by atoms with van der Waals surface area (Å²) in [5.74, 6) is -2.19. The topological polar surface area (TPSA) is 87.1 Å². The van der Waals surface area contributed by atoms with E-state index >= 15 is 0 Å². The largest absolute Gasteiger partial charge is 0.481 e. The van der Waals surface area contributed by atoms with E-state index in [9.17, 15) is 19.8 Å². The molecular formula is C13H18O5. The van der Waals surface area contributed by atoms with Gasteiger partial charge >= 0.3 is 11.9 Å². The zero-order chi connectivity index (χ0) is 13.3. The van der Waals surface area contributed by atoms with Crippen molar-refractivity contribution in [1.29, 1.82) is 0 Å².